The van der Waals surface area contributed by atoms with Crippen LogP contribution in [0, 0.1) is 3.57 Å². The second-order valence-corrected chi connectivity index (χ2v) is 6.84. The number of nitrogen functional groups attached to an aromatic ring is 2. The van der Waals surface area contributed by atoms with Crippen molar-refractivity contribution in [1.29, 1.82) is 0 Å². The lowest BCUT2D eigenvalue weighted by atomic mass is 10.1. The summed E-state index contributed by atoms with van der Waals surface area (Å²) >= 11 is 13.9. The first kappa shape index (κ1) is 20.7. The molecular formula is C17H19Cl2IN2O2. The van der Waals surface area contributed by atoms with Crippen LogP contribution in [0.5, 0.6) is 11.5 Å². The molecule has 2 aromatic rings. The molecule has 0 heterocycles. The van der Waals surface area contributed by atoms with E-state index in [0.717, 1.165) is 14.7 Å². The average molecular weight is 481 g/mol. The standard InChI is InChI=1S/C10H12ClNO.C7H7ClINO/c1-6(2)7-4-9(12)10(13-3)5-8(7)11;1-11-7-2-4(8)5(9)3-6(7)10/h4-5H,1,12H2,2-3H3;2-3H,10H2,1H3. The van der Waals surface area contributed by atoms with Crippen molar-refractivity contribution in [3.8, 4) is 11.5 Å². The molecule has 130 valence electrons. The highest BCUT2D eigenvalue weighted by Gasteiger charge is 2.06. The number of hydrogen-bond acceptors (Lipinski definition) is 4. The molecule has 0 fully saturated rings. The molecule has 0 amide bonds. The van der Waals surface area contributed by atoms with Crippen LogP contribution in [-0.4, -0.2) is 14.2 Å². The maximum absolute atomic E-state index is 5.98. The van der Waals surface area contributed by atoms with Crippen molar-refractivity contribution >= 4 is 62.7 Å². The van der Waals surface area contributed by atoms with Crippen LogP contribution in [0.1, 0.15) is 12.5 Å². The van der Waals surface area contributed by atoms with Gasteiger partial charge in [0.05, 0.1) is 35.6 Å². The van der Waals surface area contributed by atoms with Gasteiger partial charge in [0, 0.05) is 15.7 Å². The lowest BCUT2D eigenvalue weighted by Crippen LogP contribution is -1.94. The predicted octanol–water partition coefficient (Wildman–Crippen LogP) is 5.50. The fourth-order valence-corrected chi connectivity index (χ4v) is 2.76. The lowest BCUT2D eigenvalue weighted by molar-refractivity contribution is 0.417. The average Bonchev–Trinajstić information content (AvgIpc) is 2.53. The number of halogens is 3. The number of rotatable bonds is 3. The van der Waals surface area contributed by atoms with Gasteiger partial charge in [0.1, 0.15) is 11.5 Å². The lowest BCUT2D eigenvalue weighted by Gasteiger charge is -2.09. The third-order valence-corrected chi connectivity index (χ3v) is 4.89. The van der Waals surface area contributed by atoms with Crippen molar-refractivity contribution < 1.29 is 9.47 Å². The molecular weight excluding hydrogens is 462 g/mol. The van der Waals surface area contributed by atoms with Crippen LogP contribution in [0.25, 0.3) is 5.57 Å². The van der Waals surface area contributed by atoms with Crippen molar-refractivity contribution in [2.45, 2.75) is 6.92 Å². The molecule has 0 spiro atoms. The van der Waals surface area contributed by atoms with Crippen molar-refractivity contribution in [3.05, 3.63) is 50.0 Å². The first-order chi connectivity index (χ1) is 11.2. The van der Waals surface area contributed by atoms with E-state index in [1.54, 1.807) is 38.5 Å². The SMILES string of the molecule is C=C(C)c1cc(N)c(OC)cc1Cl.COc1cc(Cl)c(I)cc1N. The van der Waals surface area contributed by atoms with E-state index in [1.165, 1.54) is 0 Å². The van der Waals surface area contributed by atoms with Gasteiger partial charge < -0.3 is 20.9 Å². The fourth-order valence-electron chi connectivity index (χ4n) is 1.80. The van der Waals surface area contributed by atoms with E-state index < -0.39 is 0 Å². The van der Waals surface area contributed by atoms with Crippen molar-refractivity contribution in [3.63, 3.8) is 0 Å². The van der Waals surface area contributed by atoms with E-state index in [9.17, 15) is 0 Å². The van der Waals surface area contributed by atoms with Crippen LogP contribution in [-0.2, 0) is 0 Å². The maximum Gasteiger partial charge on any atom is 0.143 e. The van der Waals surface area contributed by atoms with Crippen molar-refractivity contribution in [1.82, 2.24) is 0 Å². The third-order valence-electron chi connectivity index (χ3n) is 3.05. The van der Waals surface area contributed by atoms with Crippen LogP contribution in [0.2, 0.25) is 10.0 Å². The Bertz CT molecular complexity index is 752. The van der Waals surface area contributed by atoms with Gasteiger partial charge in [0.25, 0.3) is 0 Å². The van der Waals surface area contributed by atoms with Gasteiger partial charge in [0.2, 0.25) is 0 Å². The van der Waals surface area contributed by atoms with Gasteiger partial charge in [-0.2, -0.15) is 0 Å². The highest BCUT2D eigenvalue weighted by atomic mass is 127. The van der Waals surface area contributed by atoms with E-state index in [4.69, 9.17) is 44.1 Å². The summed E-state index contributed by atoms with van der Waals surface area (Å²) in [5.74, 6) is 1.21. The molecule has 2 rings (SSSR count). The second kappa shape index (κ2) is 9.25. The molecule has 0 aromatic heterocycles. The smallest absolute Gasteiger partial charge is 0.143 e. The molecule has 7 heteroatoms. The molecule has 0 atom stereocenters. The Morgan fingerprint density at radius 1 is 0.958 bits per heavy atom. The zero-order valence-corrected chi connectivity index (χ0v) is 17.3. The summed E-state index contributed by atoms with van der Waals surface area (Å²) in [4.78, 5) is 0. The van der Waals surface area contributed by atoms with Gasteiger partial charge in [-0.25, -0.2) is 0 Å². The van der Waals surface area contributed by atoms with E-state index in [1.807, 2.05) is 6.92 Å². The highest BCUT2D eigenvalue weighted by molar-refractivity contribution is 14.1. The molecule has 0 saturated carbocycles. The minimum absolute atomic E-state index is 0.574. The normalized spacial score (nSPS) is 9.75. The molecule has 0 saturated heterocycles. The second-order valence-electron chi connectivity index (χ2n) is 4.86. The van der Waals surface area contributed by atoms with Gasteiger partial charge >= 0.3 is 0 Å². The Labute approximate surface area is 165 Å². The Morgan fingerprint density at radius 3 is 1.88 bits per heavy atom. The maximum atomic E-state index is 5.98. The number of nitrogens with two attached hydrogens (primary N) is 2. The van der Waals surface area contributed by atoms with Crippen LogP contribution in [0.4, 0.5) is 11.4 Å². The van der Waals surface area contributed by atoms with Gasteiger partial charge in [-0.3, -0.25) is 0 Å². The summed E-state index contributed by atoms with van der Waals surface area (Å²) in [5.41, 5.74) is 14.3. The highest BCUT2D eigenvalue weighted by Crippen LogP contribution is 2.32. The first-order valence-corrected chi connectivity index (χ1v) is 8.62. The van der Waals surface area contributed by atoms with Gasteiger partial charge in [-0.1, -0.05) is 29.8 Å². The van der Waals surface area contributed by atoms with E-state index in [-0.39, 0.29) is 0 Å². The van der Waals surface area contributed by atoms with Crippen molar-refractivity contribution in [2.24, 2.45) is 0 Å². The monoisotopic (exact) mass is 480 g/mol. The quantitative estimate of drug-likeness (QED) is 0.449. The molecule has 4 nitrogen and oxygen atoms in total. The van der Waals surface area contributed by atoms with Gasteiger partial charge in [0.15, 0.2) is 0 Å². The predicted molar refractivity (Wildman–Crippen MR) is 112 cm³/mol. The van der Waals surface area contributed by atoms with Crippen LogP contribution < -0.4 is 20.9 Å². The Morgan fingerprint density at radius 2 is 1.42 bits per heavy atom. The van der Waals surface area contributed by atoms with E-state index >= 15 is 0 Å². The zero-order chi connectivity index (χ0) is 18.4. The van der Waals surface area contributed by atoms with Crippen molar-refractivity contribution in [2.75, 3.05) is 25.7 Å². The molecule has 0 aliphatic heterocycles. The molecule has 2 aromatic carbocycles. The third kappa shape index (κ3) is 5.36. The molecule has 0 aliphatic rings. The first-order valence-electron chi connectivity index (χ1n) is 6.78. The summed E-state index contributed by atoms with van der Waals surface area (Å²) in [5, 5.41) is 1.27. The number of allylic oxidation sites excluding steroid dienone is 1. The number of benzene rings is 2. The fraction of sp³-hybridized carbons (Fsp3) is 0.176. The minimum atomic E-state index is 0.574. The largest absolute Gasteiger partial charge is 0.495 e. The molecule has 0 radical (unpaired) electrons. The van der Waals surface area contributed by atoms with Crippen LogP contribution in [0.3, 0.4) is 0 Å². The van der Waals surface area contributed by atoms with Crippen LogP contribution >= 0.6 is 45.8 Å². The topological polar surface area (TPSA) is 70.5 Å². The summed E-state index contributed by atoms with van der Waals surface area (Å²) in [6.45, 7) is 5.68. The Hall–Kier alpha value is -1.31. The van der Waals surface area contributed by atoms with Gasteiger partial charge in [-0.05, 0) is 52.8 Å². The molecule has 24 heavy (non-hydrogen) atoms. The molecule has 0 bridgehead atoms. The Balaban J connectivity index is 0.000000243. The molecule has 0 aliphatic carbocycles. The molecule has 0 unspecified atom stereocenters. The summed E-state index contributed by atoms with van der Waals surface area (Å²) in [6.07, 6.45) is 0. The summed E-state index contributed by atoms with van der Waals surface area (Å²) in [6, 6.07) is 6.95. The Kier molecular flexibility index (Phi) is 7.99. The number of hydrogen-bond donors (Lipinski definition) is 2. The summed E-state index contributed by atoms with van der Waals surface area (Å²) in [7, 11) is 3.12. The number of methoxy groups -OCH3 is 2. The summed E-state index contributed by atoms with van der Waals surface area (Å²) < 4.78 is 10.9. The number of ether oxygens (including phenoxy) is 2. The zero-order valence-electron chi connectivity index (χ0n) is 13.6. The van der Waals surface area contributed by atoms with E-state index in [2.05, 4.69) is 29.2 Å². The molecule has 4 N–H and O–H groups in total. The van der Waals surface area contributed by atoms with E-state index in [0.29, 0.717) is 32.9 Å². The minimum Gasteiger partial charge on any atom is -0.495 e. The van der Waals surface area contributed by atoms with Crippen LogP contribution in [0.15, 0.2) is 30.8 Å². The number of anilines is 2. The van der Waals surface area contributed by atoms with Gasteiger partial charge in [-0.15, -0.1) is 0 Å².